The number of carbonyl (C=O) groups is 1. The predicted octanol–water partition coefficient (Wildman–Crippen LogP) is 7.20. The van der Waals surface area contributed by atoms with Crippen LogP contribution in [0.5, 0.6) is 5.75 Å². The number of ether oxygens (including phenoxy) is 1. The van der Waals surface area contributed by atoms with Crippen molar-refractivity contribution >= 4 is 40.5 Å². The Bertz CT molecular complexity index is 1340. The topological polar surface area (TPSA) is 69.7 Å². The van der Waals surface area contributed by atoms with E-state index in [-0.39, 0.29) is 72.0 Å². The van der Waals surface area contributed by atoms with Crippen molar-refractivity contribution in [2.45, 2.75) is 12.2 Å². The number of alkyl halides is 3. The van der Waals surface area contributed by atoms with Gasteiger partial charge in [0.2, 0.25) is 0 Å². The number of rotatable bonds is 7. The van der Waals surface area contributed by atoms with Gasteiger partial charge in [0.25, 0.3) is 5.91 Å². The second-order valence-corrected chi connectivity index (χ2v) is 9.22. The first-order chi connectivity index (χ1) is 17.4. The van der Waals surface area contributed by atoms with Crippen LogP contribution < -0.4 is 10.5 Å². The van der Waals surface area contributed by atoms with Crippen LogP contribution >= 0.6 is 23.2 Å². The maximum absolute atomic E-state index is 14.3. The molecule has 0 bridgehead atoms. The fourth-order valence-electron chi connectivity index (χ4n) is 3.76. The van der Waals surface area contributed by atoms with E-state index in [1.165, 1.54) is 30.3 Å². The molecule has 0 radical (unpaired) electrons. The molecule has 0 saturated carbocycles. The quantitative estimate of drug-likeness (QED) is 0.215. The van der Waals surface area contributed by atoms with Crippen molar-refractivity contribution < 1.29 is 54.4 Å². The zero-order valence-electron chi connectivity index (χ0n) is 19.9. The second-order valence-electron chi connectivity index (χ2n) is 8.41. The van der Waals surface area contributed by atoms with E-state index in [9.17, 15) is 22.4 Å². The summed E-state index contributed by atoms with van der Waals surface area (Å²) in [4.78, 5) is 14.3. The van der Waals surface area contributed by atoms with Crippen LogP contribution in [0.15, 0.2) is 61.2 Å². The average molecular weight is 666 g/mol. The fourth-order valence-corrected chi connectivity index (χ4v) is 4.26. The average Bonchev–Trinajstić information content (AvgIpc) is 2.81. The fraction of sp³-hybridized carbons (Fsp3) is 0.192. The van der Waals surface area contributed by atoms with E-state index in [1.807, 2.05) is 0 Å². The molecule has 0 aromatic heterocycles. The number of carbonyl (C=O) groups excluding carboxylic acids is 1. The van der Waals surface area contributed by atoms with E-state index in [4.69, 9.17) is 33.7 Å². The van der Waals surface area contributed by atoms with Crippen LogP contribution in [-0.2, 0) is 27.3 Å². The molecule has 38 heavy (non-hydrogen) atoms. The molecule has 2 N–H and O–H groups in total. The molecule has 12 heteroatoms. The van der Waals surface area contributed by atoms with Crippen LogP contribution in [0, 0.1) is 5.82 Å². The van der Waals surface area contributed by atoms with Crippen molar-refractivity contribution in [3.05, 3.63) is 93.5 Å². The number of halogens is 6. The normalized spacial score (nSPS) is 13.4. The summed E-state index contributed by atoms with van der Waals surface area (Å²) in [6.07, 6.45) is -4.62. The molecule has 1 saturated heterocycles. The van der Waals surface area contributed by atoms with Gasteiger partial charge in [-0.05, 0) is 42.0 Å². The smallest absolute Gasteiger partial charge is 0.422 e. The Morgan fingerprint density at radius 1 is 1.11 bits per heavy atom. The molecular formula is C26H20CdCl2F4N3O2-. The first-order valence-corrected chi connectivity index (χ1v) is 11.7. The van der Waals surface area contributed by atoms with Crippen molar-refractivity contribution in [3.8, 4) is 16.9 Å². The van der Waals surface area contributed by atoms with Gasteiger partial charge in [-0.3, -0.25) is 4.79 Å². The van der Waals surface area contributed by atoms with Crippen LogP contribution in [0.1, 0.15) is 15.9 Å². The molecular weight excluding hydrogens is 646 g/mol. The van der Waals surface area contributed by atoms with Crippen LogP contribution in [0.2, 0.25) is 10.0 Å². The summed E-state index contributed by atoms with van der Waals surface area (Å²) in [5, 5.41) is 4.50. The molecule has 1 aliphatic heterocycles. The number of amides is 1. The summed E-state index contributed by atoms with van der Waals surface area (Å²) in [7, 11) is 0. The maximum Gasteiger partial charge on any atom is 0.422 e. The minimum absolute atomic E-state index is 0. The van der Waals surface area contributed by atoms with E-state index >= 15 is 0 Å². The first kappa shape index (κ1) is 30.2. The number of benzene rings is 3. The maximum atomic E-state index is 14.3. The summed E-state index contributed by atoms with van der Waals surface area (Å²) in [6.45, 7) is 2.98. The van der Waals surface area contributed by atoms with E-state index in [0.29, 0.717) is 29.8 Å². The SMILES string of the molecule is C=C([N-]c1ccc(-c2cc(C(=O)N3CC(N)C3)ccc2Cl)cc1OCC(F)(F)F)c1c(F)cccc1Cl.[Cd]. The molecule has 0 spiro atoms. The van der Waals surface area contributed by atoms with Gasteiger partial charge in [-0.2, -0.15) is 13.2 Å². The van der Waals surface area contributed by atoms with Gasteiger partial charge in [-0.15, -0.1) is 12.3 Å². The van der Waals surface area contributed by atoms with E-state index in [1.54, 1.807) is 23.1 Å². The van der Waals surface area contributed by atoms with Crippen LogP contribution in [0.4, 0.5) is 23.2 Å². The second kappa shape index (κ2) is 12.2. The number of hydrogen-bond donors (Lipinski definition) is 1. The van der Waals surface area contributed by atoms with Crippen LogP contribution in [-0.4, -0.2) is 42.7 Å². The Balaban J connectivity index is 0.00000400. The van der Waals surface area contributed by atoms with Gasteiger partial charge < -0.3 is 20.7 Å². The molecule has 0 unspecified atom stereocenters. The zero-order chi connectivity index (χ0) is 26.9. The van der Waals surface area contributed by atoms with Gasteiger partial charge in [-0.1, -0.05) is 47.1 Å². The molecule has 1 heterocycles. The van der Waals surface area contributed by atoms with Gasteiger partial charge in [0.1, 0.15) is 11.6 Å². The minimum atomic E-state index is -4.62. The Morgan fingerprint density at radius 2 is 1.82 bits per heavy atom. The Labute approximate surface area is 246 Å². The standard InChI is InChI=1S/C26H20Cl2F4N3O2.Cd/c1-14(24-20(28)3-2-4-21(24)29)34-22-8-6-15(10-23(22)37-13-26(30,31)32)18-9-16(5-7-19(18)27)25(36)35-11-17(33)12-35;/h2-10,17H,1,11-13,33H2;/q-1;. The molecule has 3 aromatic carbocycles. The molecule has 4 rings (SSSR count). The van der Waals surface area contributed by atoms with Crippen molar-refractivity contribution in [1.29, 1.82) is 0 Å². The molecule has 3 aromatic rings. The molecule has 5 nitrogen and oxygen atoms in total. The molecule has 0 aliphatic carbocycles. The summed E-state index contributed by atoms with van der Waals surface area (Å²) in [6, 6.07) is 12.8. The monoisotopic (exact) mass is 666 g/mol. The van der Waals surface area contributed by atoms with Gasteiger partial charge in [-0.25, -0.2) is 4.39 Å². The van der Waals surface area contributed by atoms with Gasteiger partial charge in [0.05, 0.1) is 0 Å². The molecule has 1 amide bonds. The predicted molar refractivity (Wildman–Crippen MR) is 136 cm³/mol. The van der Waals surface area contributed by atoms with Crippen molar-refractivity contribution in [3.63, 3.8) is 0 Å². The van der Waals surface area contributed by atoms with Crippen molar-refractivity contribution in [2.75, 3.05) is 19.7 Å². The third kappa shape index (κ3) is 6.99. The largest absolute Gasteiger partial charge is 0.655 e. The van der Waals surface area contributed by atoms with Gasteiger partial charge in [0.15, 0.2) is 6.61 Å². The number of likely N-dealkylation sites (tertiary alicyclic amines) is 1. The Morgan fingerprint density at radius 3 is 2.45 bits per heavy atom. The minimum Gasteiger partial charge on any atom is -0.655 e. The molecule has 1 aliphatic rings. The van der Waals surface area contributed by atoms with Crippen LogP contribution in [0.25, 0.3) is 22.1 Å². The number of nitrogens with two attached hydrogens (primary N) is 1. The third-order valence-electron chi connectivity index (χ3n) is 5.58. The summed E-state index contributed by atoms with van der Waals surface area (Å²) in [5.74, 6) is -1.17. The number of nitrogens with zero attached hydrogens (tertiary/aromatic N) is 2. The van der Waals surface area contributed by atoms with E-state index in [2.05, 4.69) is 11.9 Å². The molecule has 196 valence electrons. The summed E-state index contributed by atoms with van der Waals surface area (Å²) < 4.78 is 58.2. The van der Waals surface area contributed by atoms with Crippen LogP contribution in [0.3, 0.4) is 0 Å². The summed E-state index contributed by atoms with van der Waals surface area (Å²) in [5.41, 5.74) is 6.66. The third-order valence-corrected chi connectivity index (χ3v) is 6.22. The Hall–Kier alpha value is -2.35. The molecule has 0 atom stereocenters. The zero-order valence-corrected chi connectivity index (χ0v) is 25.4. The molecule has 1 fully saturated rings. The van der Waals surface area contributed by atoms with Crippen molar-refractivity contribution in [1.82, 2.24) is 4.90 Å². The van der Waals surface area contributed by atoms with E-state index in [0.717, 1.165) is 6.07 Å². The van der Waals surface area contributed by atoms with Gasteiger partial charge >= 0.3 is 6.18 Å². The van der Waals surface area contributed by atoms with Gasteiger partial charge in [0, 0.05) is 73.2 Å². The first-order valence-electron chi connectivity index (χ1n) is 11.0. The number of hydrogen-bond acceptors (Lipinski definition) is 3. The van der Waals surface area contributed by atoms with E-state index < -0.39 is 18.6 Å². The summed E-state index contributed by atoms with van der Waals surface area (Å²) >= 11 is 12.4. The van der Waals surface area contributed by atoms with Crippen molar-refractivity contribution in [2.24, 2.45) is 5.73 Å². The Kier molecular flexibility index (Phi) is 9.72.